The molecule has 3 aromatic carbocycles. The van der Waals surface area contributed by atoms with Crippen molar-refractivity contribution >= 4 is 24.1 Å². The SMILES string of the molecule is CC(=O)Oc1ccc(C(=O)N/N=C\c2cn(-c3ccccc3)nc2-c2ccc(C)cc2)cc1OC(C)=O. The number of carbonyl (C=O) groups is 3. The van der Waals surface area contributed by atoms with Gasteiger partial charge in [0.15, 0.2) is 11.5 Å². The molecule has 0 atom stereocenters. The molecule has 9 heteroatoms. The number of carbonyl (C=O) groups excluding carboxylic acids is 3. The topological polar surface area (TPSA) is 112 Å². The first kappa shape index (κ1) is 25.1. The van der Waals surface area contributed by atoms with Crippen molar-refractivity contribution in [2.45, 2.75) is 20.8 Å². The lowest BCUT2D eigenvalue weighted by molar-refractivity contribution is -0.134. The third-order valence-corrected chi connectivity index (χ3v) is 5.17. The molecule has 0 aliphatic carbocycles. The van der Waals surface area contributed by atoms with E-state index in [0.717, 1.165) is 16.8 Å². The number of hydrogen-bond acceptors (Lipinski definition) is 7. The molecule has 1 amide bonds. The van der Waals surface area contributed by atoms with Crippen LogP contribution in [0.1, 0.15) is 35.3 Å². The number of nitrogens with zero attached hydrogens (tertiary/aromatic N) is 3. The molecule has 0 saturated carbocycles. The van der Waals surface area contributed by atoms with Gasteiger partial charge in [0.05, 0.1) is 11.9 Å². The molecule has 0 fully saturated rings. The molecule has 1 N–H and O–H groups in total. The summed E-state index contributed by atoms with van der Waals surface area (Å²) < 4.78 is 11.9. The summed E-state index contributed by atoms with van der Waals surface area (Å²) in [5.41, 5.74) is 6.93. The maximum absolute atomic E-state index is 12.7. The van der Waals surface area contributed by atoms with E-state index >= 15 is 0 Å². The van der Waals surface area contributed by atoms with Gasteiger partial charge in [-0.05, 0) is 37.3 Å². The fraction of sp³-hybridized carbons (Fsp3) is 0.107. The van der Waals surface area contributed by atoms with Crippen molar-refractivity contribution in [2.24, 2.45) is 5.10 Å². The highest BCUT2D eigenvalue weighted by atomic mass is 16.6. The van der Waals surface area contributed by atoms with Crippen LogP contribution in [0.25, 0.3) is 16.9 Å². The van der Waals surface area contributed by atoms with E-state index in [2.05, 4.69) is 10.5 Å². The second-order valence-electron chi connectivity index (χ2n) is 8.13. The van der Waals surface area contributed by atoms with Crippen molar-refractivity contribution in [3.63, 3.8) is 0 Å². The van der Waals surface area contributed by atoms with Gasteiger partial charge in [0, 0.05) is 36.7 Å². The number of benzene rings is 3. The minimum absolute atomic E-state index is 0.0267. The predicted octanol–water partition coefficient (Wildman–Crippen LogP) is 4.46. The number of amides is 1. The van der Waals surface area contributed by atoms with Gasteiger partial charge in [0.25, 0.3) is 5.91 Å². The van der Waals surface area contributed by atoms with E-state index in [1.807, 2.05) is 67.7 Å². The van der Waals surface area contributed by atoms with Gasteiger partial charge in [-0.2, -0.15) is 10.2 Å². The molecule has 0 bridgehead atoms. The van der Waals surface area contributed by atoms with E-state index in [0.29, 0.717) is 11.3 Å². The van der Waals surface area contributed by atoms with Crippen LogP contribution in [0, 0.1) is 6.92 Å². The Hall–Kier alpha value is -5.05. The molecule has 9 nitrogen and oxygen atoms in total. The quantitative estimate of drug-likeness (QED) is 0.175. The maximum atomic E-state index is 12.7. The van der Waals surface area contributed by atoms with Gasteiger partial charge in [0.2, 0.25) is 0 Å². The van der Waals surface area contributed by atoms with Crippen LogP contribution >= 0.6 is 0 Å². The van der Waals surface area contributed by atoms with E-state index in [4.69, 9.17) is 14.6 Å². The average molecular weight is 497 g/mol. The Morgan fingerprint density at radius 1 is 0.892 bits per heavy atom. The minimum Gasteiger partial charge on any atom is -0.423 e. The van der Waals surface area contributed by atoms with Gasteiger partial charge in [-0.1, -0.05) is 48.0 Å². The number of esters is 2. The summed E-state index contributed by atoms with van der Waals surface area (Å²) in [6.45, 7) is 4.43. The smallest absolute Gasteiger partial charge is 0.308 e. The number of aryl methyl sites for hydroxylation is 1. The molecule has 0 spiro atoms. The Morgan fingerprint density at radius 3 is 2.24 bits per heavy atom. The van der Waals surface area contributed by atoms with Crippen molar-refractivity contribution < 1.29 is 23.9 Å². The third kappa shape index (κ3) is 6.34. The molecule has 1 heterocycles. The highest BCUT2D eigenvalue weighted by Crippen LogP contribution is 2.29. The van der Waals surface area contributed by atoms with Crippen LogP contribution in [0.15, 0.2) is 84.1 Å². The summed E-state index contributed by atoms with van der Waals surface area (Å²) in [7, 11) is 0. The van der Waals surface area contributed by atoms with E-state index < -0.39 is 17.8 Å². The molecule has 186 valence electrons. The minimum atomic E-state index is -0.622. The largest absolute Gasteiger partial charge is 0.423 e. The van der Waals surface area contributed by atoms with Crippen molar-refractivity contribution in [1.29, 1.82) is 0 Å². The number of hydrogen-bond donors (Lipinski definition) is 1. The van der Waals surface area contributed by atoms with Crippen LogP contribution in [0.2, 0.25) is 0 Å². The number of rotatable bonds is 7. The standard InChI is InChI=1S/C28H24N4O5/c1-18-9-11-21(12-10-18)27-23(17-32(31-27)24-7-5-4-6-8-24)16-29-30-28(35)22-13-14-25(36-19(2)33)26(15-22)37-20(3)34/h4-17H,1-3H3,(H,30,35)/b29-16-. The first-order valence-electron chi connectivity index (χ1n) is 11.4. The maximum Gasteiger partial charge on any atom is 0.308 e. The molecule has 0 aliphatic heterocycles. The van der Waals surface area contributed by atoms with Crippen molar-refractivity contribution in [3.05, 3.63) is 95.7 Å². The van der Waals surface area contributed by atoms with Crippen LogP contribution in [0.4, 0.5) is 0 Å². The zero-order valence-electron chi connectivity index (χ0n) is 20.5. The third-order valence-electron chi connectivity index (χ3n) is 5.17. The monoisotopic (exact) mass is 496 g/mol. The van der Waals surface area contributed by atoms with Crippen molar-refractivity contribution in [2.75, 3.05) is 0 Å². The van der Waals surface area contributed by atoms with E-state index in [9.17, 15) is 14.4 Å². The average Bonchev–Trinajstić information content (AvgIpc) is 3.29. The normalized spacial score (nSPS) is 10.8. The van der Waals surface area contributed by atoms with E-state index in [1.165, 1.54) is 38.3 Å². The fourth-order valence-corrected chi connectivity index (χ4v) is 3.48. The molecule has 0 radical (unpaired) electrons. The van der Waals surface area contributed by atoms with Crippen LogP contribution in [-0.2, 0) is 9.59 Å². The second kappa shape index (κ2) is 11.1. The molecule has 4 rings (SSSR count). The van der Waals surface area contributed by atoms with Crippen LogP contribution in [0.3, 0.4) is 0 Å². The lowest BCUT2D eigenvalue weighted by Gasteiger charge is -2.09. The Balaban J connectivity index is 1.59. The number of aromatic nitrogens is 2. The molecular formula is C28H24N4O5. The molecule has 4 aromatic rings. The first-order valence-corrected chi connectivity index (χ1v) is 11.4. The molecule has 37 heavy (non-hydrogen) atoms. The van der Waals surface area contributed by atoms with Crippen LogP contribution < -0.4 is 14.9 Å². The molecule has 1 aromatic heterocycles. The van der Waals surface area contributed by atoms with Crippen LogP contribution in [0.5, 0.6) is 11.5 Å². The number of para-hydroxylation sites is 1. The summed E-state index contributed by atoms with van der Waals surface area (Å²) in [5, 5.41) is 8.85. The number of ether oxygens (including phenoxy) is 2. The Labute approximate surface area is 213 Å². The molecule has 0 saturated heterocycles. The van der Waals surface area contributed by atoms with Gasteiger partial charge >= 0.3 is 11.9 Å². The van der Waals surface area contributed by atoms with Crippen molar-refractivity contribution in [3.8, 4) is 28.4 Å². The molecular weight excluding hydrogens is 472 g/mol. The number of nitrogens with one attached hydrogen (secondary N) is 1. The van der Waals surface area contributed by atoms with Crippen molar-refractivity contribution in [1.82, 2.24) is 15.2 Å². The Bertz CT molecular complexity index is 1470. The summed E-state index contributed by atoms with van der Waals surface area (Å²) >= 11 is 0. The highest BCUT2D eigenvalue weighted by molar-refractivity contribution is 5.96. The summed E-state index contributed by atoms with van der Waals surface area (Å²) in [5.74, 6) is -1.78. The zero-order chi connectivity index (χ0) is 26.4. The summed E-state index contributed by atoms with van der Waals surface area (Å²) in [4.78, 5) is 35.5. The predicted molar refractivity (Wildman–Crippen MR) is 138 cm³/mol. The lowest BCUT2D eigenvalue weighted by atomic mass is 10.1. The fourth-order valence-electron chi connectivity index (χ4n) is 3.48. The summed E-state index contributed by atoms with van der Waals surface area (Å²) in [6, 6.07) is 21.7. The Kier molecular flexibility index (Phi) is 7.53. The molecule has 0 aliphatic rings. The van der Waals surface area contributed by atoms with E-state index in [1.54, 1.807) is 4.68 Å². The first-order chi connectivity index (χ1) is 17.8. The summed E-state index contributed by atoms with van der Waals surface area (Å²) in [6.07, 6.45) is 3.34. The Morgan fingerprint density at radius 2 is 1.57 bits per heavy atom. The molecule has 0 unspecified atom stereocenters. The lowest BCUT2D eigenvalue weighted by Crippen LogP contribution is -2.18. The van der Waals surface area contributed by atoms with Crippen LogP contribution in [-0.4, -0.2) is 33.8 Å². The number of hydrazone groups is 1. The van der Waals surface area contributed by atoms with Gasteiger partial charge in [-0.15, -0.1) is 0 Å². The van der Waals surface area contributed by atoms with Gasteiger partial charge in [-0.3, -0.25) is 14.4 Å². The van der Waals surface area contributed by atoms with Gasteiger partial charge in [-0.25, -0.2) is 10.1 Å². The van der Waals surface area contributed by atoms with Gasteiger partial charge < -0.3 is 9.47 Å². The zero-order valence-corrected chi connectivity index (χ0v) is 20.5. The highest BCUT2D eigenvalue weighted by Gasteiger charge is 2.15. The van der Waals surface area contributed by atoms with Gasteiger partial charge in [0.1, 0.15) is 5.69 Å². The second-order valence-corrected chi connectivity index (χ2v) is 8.13. The van der Waals surface area contributed by atoms with E-state index in [-0.39, 0.29) is 17.1 Å².